The Bertz CT molecular complexity index is 503. The van der Waals surface area contributed by atoms with Crippen LogP contribution in [0.15, 0.2) is 17.5 Å². The highest BCUT2D eigenvalue weighted by Crippen LogP contribution is 2.46. The molecule has 3 aliphatic rings. The van der Waals surface area contributed by atoms with E-state index < -0.39 is 0 Å². The van der Waals surface area contributed by atoms with Gasteiger partial charge in [0.05, 0.1) is 0 Å². The Hall–Kier alpha value is -0.870. The zero-order chi connectivity index (χ0) is 14.3. The highest BCUT2D eigenvalue weighted by molar-refractivity contribution is 7.10. The zero-order valence-corrected chi connectivity index (χ0v) is 13.3. The van der Waals surface area contributed by atoms with Crippen LogP contribution < -0.4 is 5.32 Å². The van der Waals surface area contributed by atoms with Gasteiger partial charge in [-0.3, -0.25) is 10.1 Å². The second-order valence-corrected chi connectivity index (χ2v) is 7.91. The summed E-state index contributed by atoms with van der Waals surface area (Å²) in [5, 5.41) is 5.72. The number of hydrogen-bond donors (Lipinski definition) is 1. The Morgan fingerprint density at radius 1 is 1.33 bits per heavy atom. The van der Waals surface area contributed by atoms with E-state index in [1.54, 1.807) is 11.3 Å². The van der Waals surface area contributed by atoms with Crippen LogP contribution in [-0.4, -0.2) is 22.9 Å². The molecule has 0 radical (unpaired) electrons. The molecule has 1 saturated heterocycles. The first-order valence-electron chi connectivity index (χ1n) is 8.41. The molecule has 1 unspecified atom stereocenters. The van der Waals surface area contributed by atoms with Gasteiger partial charge in [0.1, 0.15) is 11.7 Å². The summed E-state index contributed by atoms with van der Waals surface area (Å²) in [4.78, 5) is 16.1. The lowest BCUT2D eigenvalue weighted by Crippen LogP contribution is -2.33. The molecule has 2 saturated carbocycles. The van der Waals surface area contributed by atoms with Crippen molar-refractivity contribution in [3.8, 4) is 0 Å². The number of carbonyl (C=O) groups is 1. The molecule has 0 aromatic carbocycles. The van der Waals surface area contributed by atoms with Gasteiger partial charge in [0.25, 0.3) is 0 Å². The molecule has 3 fully saturated rings. The molecule has 4 rings (SSSR count). The first-order valence-corrected chi connectivity index (χ1v) is 9.29. The normalized spacial score (nSPS) is 27.9. The van der Waals surface area contributed by atoms with Crippen molar-refractivity contribution in [1.29, 1.82) is 0 Å². The van der Waals surface area contributed by atoms with Gasteiger partial charge in [-0.1, -0.05) is 31.7 Å². The van der Waals surface area contributed by atoms with Crippen molar-refractivity contribution in [2.24, 2.45) is 5.92 Å². The molecule has 2 aliphatic carbocycles. The van der Waals surface area contributed by atoms with Crippen LogP contribution in [-0.2, 0) is 4.79 Å². The van der Waals surface area contributed by atoms with Crippen molar-refractivity contribution in [1.82, 2.24) is 10.2 Å². The van der Waals surface area contributed by atoms with E-state index in [-0.39, 0.29) is 11.7 Å². The van der Waals surface area contributed by atoms with Crippen LogP contribution in [0.4, 0.5) is 0 Å². The minimum Gasteiger partial charge on any atom is -0.320 e. The van der Waals surface area contributed by atoms with Gasteiger partial charge in [0, 0.05) is 11.4 Å². The second-order valence-electron chi connectivity index (χ2n) is 6.94. The van der Waals surface area contributed by atoms with Crippen LogP contribution in [0.25, 0.3) is 0 Å². The first kappa shape index (κ1) is 13.8. The number of hydrogen-bond acceptors (Lipinski definition) is 3. The minimum atomic E-state index is -0.192. The number of thiophene rings is 1. The molecule has 1 aromatic heterocycles. The third-order valence-electron chi connectivity index (χ3n) is 5.44. The van der Waals surface area contributed by atoms with Crippen LogP contribution in [0.2, 0.25) is 0 Å². The third-order valence-corrected chi connectivity index (χ3v) is 6.37. The van der Waals surface area contributed by atoms with Crippen LogP contribution in [0.5, 0.6) is 0 Å². The minimum absolute atomic E-state index is 0.128. The Morgan fingerprint density at radius 2 is 2.14 bits per heavy atom. The van der Waals surface area contributed by atoms with Gasteiger partial charge in [-0.25, -0.2) is 0 Å². The number of rotatable bonds is 5. The highest BCUT2D eigenvalue weighted by atomic mass is 32.1. The molecule has 2 heterocycles. The molecule has 1 aromatic rings. The highest BCUT2D eigenvalue weighted by Gasteiger charge is 2.59. The van der Waals surface area contributed by atoms with E-state index in [4.69, 9.17) is 0 Å². The molecule has 21 heavy (non-hydrogen) atoms. The first-order chi connectivity index (χ1) is 10.3. The van der Waals surface area contributed by atoms with E-state index in [1.807, 2.05) is 0 Å². The van der Waals surface area contributed by atoms with E-state index in [0.29, 0.717) is 5.91 Å². The van der Waals surface area contributed by atoms with Gasteiger partial charge in [-0.2, -0.15) is 0 Å². The van der Waals surface area contributed by atoms with Crippen molar-refractivity contribution < 1.29 is 4.79 Å². The number of nitrogens with one attached hydrogen (secondary N) is 1. The standard InChI is InChI=1S/C17H24N2OS/c20-16-17(9-10-17)18-15(14-8-4-12-21-14)19(16)11-3-7-13-5-1-2-6-13/h4,8,12-13,15,18H,1-3,5-7,9-11H2. The van der Waals surface area contributed by atoms with Gasteiger partial charge in [-0.15, -0.1) is 11.3 Å². The molecule has 114 valence electrons. The third kappa shape index (κ3) is 2.53. The fourth-order valence-electron chi connectivity index (χ4n) is 4.03. The predicted molar refractivity (Wildman–Crippen MR) is 85.1 cm³/mol. The molecule has 1 aliphatic heterocycles. The fourth-order valence-corrected chi connectivity index (χ4v) is 4.81. The Kier molecular flexibility index (Phi) is 3.54. The molecular formula is C17H24N2OS. The lowest BCUT2D eigenvalue weighted by atomic mass is 10.0. The van der Waals surface area contributed by atoms with Gasteiger partial charge in [0.2, 0.25) is 5.91 Å². The average Bonchev–Trinajstić information content (AvgIpc) is 2.92. The van der Waals surface area contributed by atoms with E-state index in [0.717, 1.165) is 31.7 Å². The van der Waals surface area contributed by atoms with Crippen molar-refractivity contribution in [2.75, 3.05) is 6.54 Å². The maximum absolute atomic E-state index is 12.7. The van der Waals surface area contributed by atoms with Crippen LogP contribution in [0.1, 0.15) is 62.4 Å². The monoisotopic (exact) mass is 304 g/mol. The van der Waals surface area contributed by atoms with Gasteiger partial charge in [0.15, 0.2) is 0 Å². The smallest absolute Gasteiger partial charge is 0.244 e. The molecule has 1 spiro atoms. The summed E-state index contributed by atoms with van der Waals surface area (Å²) in [6, 6.07) is 4.24. The number of carbonyl (C=O) groups excluding carboxylic acids is 1. The van der Waals surface area contributed by atoms with Crippen LogP contribution >= 0.6 is 11.3 Å². The maximum atomic E-state index is 12.7. The molecule has 4 heteroatoms. The molecule has 1 amide bonds. The summed E-state index contributed by atoms with van der Waals surface area (Å²) < 4.78 is 0. The molecule has 1 N–H and O–H groups in total. The largest absolute Gasteiger partial charge is 0.320 e. The Labute approximate surface area is 130 Å². The lowest BCUT2D eigenvalue weighted by Gasteiger charge is -2.24. The summed E-state index contributed by atoms with van der Waals surface area (Å²) in [5.41, 5.74) is -0.192. The summed E-state index contributed by atoms with van der Waals surface area (Å²) in [6.07, 6.45) is 10.3. The van der Waals surface area contributed by atoms with E-state index in [9.17, 15) is 4.79 Å². The zero-order valence-electron chi connectivity index (χ0n) is 12.5. The van der Waals surface area contributed by atoms with E-state index >= 15 is 0 Å². The van der Waals surface area contributed by atoms with Crippen molar-refractivity contribution in [3.63, 3.8) is 0 Å². The summed E-state index contributed by atoms with van der Waals surface area (Å²) in [5.74, 6) is 1.28. The van der Waals surface area contributed by atoms with Crippen LogP contribution in [0, 0.1) is 5.92 Å². The van der Waals surface area contributed by atoms with Crippen molar-refractivity contribution >= 4 is 17.2 Å². The molecular weight excluding hydrogens is 280 g/mol. The van der Waals surface area contributed by atoms with Gasteiger partial charge in [-0.05, 0) is 43.0 Å². The van der Waals surface area contributed by atoms with E-state index in [2.05, 4.69) is 27.7 Å². The summed E-state index contributed by atoms with van der Waals surface area (Å²) in [7, 11) is 0. The lowest BCUT2D eigenvalue weighted by molar-refractivity contribution is -0.130. The predicted octanol–water partition coefficient (Wildman–Crippen LogP) is 3.68. The summed E-state index contributed by atoms with van der Waals surface area (Å²) in [6.45, 7) is 0.923. The number of nitrogens with zero attached hydrogens (tertiary/aromatic N) is 1. The number of amides is 1. The average molecular weight is 304 g/mol. The second kappa shape index (κ2) is 5.40. The molecule has 0 bridgehead atoms. The summed E-state index contributed by atoms with van der Waals surface area (Å²) >= 11 is 1.76. The van der Waals surface area contributed by atoms with Gasteiger partial charge >= 0.3 is 0 Å². The van der Waals surface area contributed by atoms with Crippen LogP contribution in [0.3, 0.4) is 0 Å². The Balaban J connectivity index is 1.41. The topological polar surface area (TPSA) is 32.3 Å². The van der Waals surface area contributed by atoms with E-state index in [1.165, 1.54) is 37.0 Å². The molecule has 3 nitrogen and oxygen atoms in total. The quantitative estimate of drug-likeness (QED) is 0.900. The van der Waals surface area contributed by atoms with Gasteiger partial charge < -0.3 is 4.90 Å². The Morgan fingerprint density at radius 3 is 2.81 bits per heavy atom. The maximum Gasteiger partial charge on any atom is 0.244 e. The molecule has 1 atom stereocenters. The SMILES string of the molecule is O=C1N(CCCC2CCCC2)C(c2cccs2)NC12CC2. The van der Waals surface area contributed by atoms with Crippen molar-refractivity contribution in [3.05, 3.63) is 22.4 Å². The van der Waals surface area contributed by atoms with Crippen molar-refractivity contribution in [2.45, 2.75) is 63.1 Å². The fraction of sp³-hybridized carbons (Fsp3) is 0.706.